The number of fused-ring (bicyclic) bond motifs is 7. The number of carbonyl (C=O) groups excluding carboxylic acids is 3. The molecule has 23 nitrogen and oxygen atoms in total. The average molecular weight is 1170 g/mol. The third-order valence-electron chi connectivity index (χ3n) is 21.7. The molecule has 0 aromatic heterocycles. The van der Waals surface area contributed by atoms with Crippen LogP contribution in [0.25, 0.3) is 0 Å². The first-order chi connectivity index (χ1) is 38.3. The molecule has 7 fully saturated rings. The molecule has 8 aliphatic rings. The van der Waals surface area contributed by atoms with Crippen molar-refractivity contribution in [1.82, 2.24) is 0 Å². The lowest BCUT2D eigenvalue weighted by Gasteiger charge is -2.72. The smallest absolute Gasteiger partial charge is 0.333 e. The summed E-state index contributed by atoms with van der Waals surface area (Å²) < 4.78 is 54.3. The first-order valence-electron chi connectivity index (χ1n) is 29.1. The van der Waals surface area contributed by atoms with Crippen LogP contribution in [0.2, 0.25) is 0 Å². The van der Waals surface area contributed by atoms with E-state index in [0.717, 1.165) is 5.57 Å². The van der Waals surface area contributed by atoms with Crippen LogP contribution in [0.15, 0.2) is 34.9 Å². The van der Waals surface area contributed by atoms with Crippen LogP contribution in [0, 0.1) is 50.2 Å². The summed E-state index contributed by atoms with van der Waals surface area (Å²) in [6, 6.07) is 0. The van der Waals surface area contributed by atoms with Gasteiger partial charge in [0.25, 0.3) is 0 Å². The number of rotatable bonds is 14. The maximum Gasteiger partial charge on any atom is 0.333 e. The molecule has 0 radical (unpaired) electrons. The molecule has 23 heteroatoms. The van der Waals surface area contributed by atoms with Gasteiger partial charge in [-0.25, -0.2) is 9.59 Å². The van der Waals surface area contributed by atoms with E-state index in [0.29, 0.717) is 38.5 Å². The minimum absolute atomic E-state index is 0.0484. The zero-order valence-electron chi connectivity index (χ0n) is 49.3. The molecule has 3 heterocycles. The summed E-state index contributed by atoms with van der Waals surface area (Å²) in [7, 11) is 0. The van der Waals surface area contributed by atoms with Crippen LogP contribution in [-0.2, 0) is 57.0 Å². The standard InChI is InChI=1S/C59H92O23/c1-13-26(3)48(71)78-43-28(5)75-52(42(69)44(43)79-49(72)27(4)14-2)81-47-46(70)59(25-74-29(6)62)31(21-54(47,7)8)30-15-16-34-55(9)19-18-36(56(10,24-61)33(55)17-20-57(34,11)58(30,12)22-35(59)63)77-53-45(39(66)40(67)50(73)82-53)80-51-41(68)38(65)37(64)32(23-60)76-51/h13-15,28,31-47,50-53,60-61,63-70,73H,16-25H2,1-12H3/t28-,31-,32+,33+,34+,35+,36-,37+,38-,39-,40-,41+,42-,43+,44-,45+,46-,47-,50-,51-,52+,53-,55-,56+,57+,58+,59-/m0/s1. The molecule has 27 atom stereocenters. The van der Waals surface area contributed by atoms with E-state index < -0.39 is 180 Å². The Morgan fingerprint density at radius 3 is 1.89 bits per heavy atom. The highest BCUT2D eigenvalue weighted by Crippen LogP contribution is 2.76. The van der Waals surface area contributed by atoms with E-state index in [1.807, 2.05) is 20.8 Å². The molecule has 0 amide bonds. The molecule has 0 bridgehead atoms. The molecule has 0 unspecified atom stereocenters. The van der Waals surface area contributed by atoms with E-state index >= 15 is 0 Å². The third kappa shape index (κ3) is 10.7. The maximum atomic E-state index is 13.3. The number of aliphatic hydroxyl groups is 11. The normalized spacial score (nSPS) is 49.4. The lowest BCUT2D eigenvalue weighted by Crippen LogP contribution is -2.73. The molecular formula is C59H92O23. The van der Waals surface area contributed by atoms with Crippen LogP contribution in [0.5, 0.6) is 0 Å². The number of esters is 3. The van der Waals surface area contributed by atoms with Gasteiger partial charge < -0.3 is 98.8 Å². The van der Waals surface area contributed by atoms with Gasteiger partial charge in [-0.15, -0.1) is 0 Å². The lowest BCUT2D eigenvalue weighted by molar-refractivity contribution is -0.396. The Hall–Kier alpha value is -3.05. The van der Waals surface area contributed by atoms with Gasteiger partial charge in [-0.1, -0.05) is 65.3 Å². The fraction of sp³-hybridized carbons (Fsp3) is 0.847. The number of aliphatic hydroxyl groups excluding tert-OH is 11. The number of hydrogen-bond donors (Lipinski definition) is 11. The Balaban J connectivity index is 1.08. The molecule has 3 aliphatic heterocycles. The lowest BCUT2D eigenvalue weighted by atomic mass is 9.33. The van der Waals surface area contributed by atoms with E-state index in [1.54, 1.807) is 33.8 Å². The van der Waals surface area contributed by atoms with Gasteiger partial charge >= 0.3 is 17.9 Å². The molecule has 3 saturated heterocycles. The number of allylic oxidation sites excluding steroid dienone is 4. The van der Waals surface area contributed by atoms with Crippen molar-refractivity contribution >= 4 is 17.9 Å². The van der Waals surface area contributed by atoms with Crippen molar-refractivity contribution in [3.63, 3.8) is 0 Å². The molecule has 0 spiro atoms. The highest BCUT2D eigenvalue weighted by Gasteiger charge is 2.74. The average Bonchev–Trinajstić information content (AvgIpc) is 1.21. The van der Waals surface area contributed by atoms with Crippen molar-refractivity contribution in [3.8, 4) is 0 Å². The second-order valence-electron chi connectivity index (χ2n) is 26.5. The minimum Gasteiger partial charge on any atom is -0.465 e. The Morgan fingerprint density at radius 1 is 0.671 bits per heavy atom. The topological polar surface area (TPSA) is 357 Å². The Kier molecular flexibility index (Phi) is 18.9. The van der Waals surface area contributed by atoms with E-state index in [9.17, 15) is 70.6 Å². The van der Waals surface area contributed by atoms with Crippen molar-refractivity contribution in [2.45, 2.75) is 245 Å². The second kappa shape index (κ2) is 23.9. The van der Waals surface area contributed by atoms with Gasteiger partial charge in [0.2, 0.25) is 0 Å². The van der Waals surface area contributed by atoms with E-state index in [4.69, 9.17) is 42.6 Å². The van der Waals surface area contributed by atoms with Crippen molar-refractivity contribution in [3.05, 3.63) is 34.9 Å². The number of ether oxygens (including phenoxy) is 9. The van der Waals surface area contributed by atoms with Gasteiger partial charge in [0.15, 0.2) is 37.4 Å². The van der Waals surface area contributed by atoms with Crippen molar-refractivity contribution in [2.75, 3.05) is 19.8 Å². The highest BCUT2D eigenvalue weighted by atomic mass is 16.8. The molecule has 11 N–H and O–H groups in total. The monoisotopic (exact) mass is 1170 g/mol. The summed E-state index contributed by atoms with van der Waals surface area (Å²) in [5.74, 6) is -2.95. The fourth-order valence-electron chi connectivity index (χ4n) is 16.4. The molecule has 82 heavy (non-hydrogen) atoms. The molecule has 4 saturated carbocycles. The highest BCUT2D eigenvalue weighted by molar-refractivity contribution is 5.88. The van der Waals surface area contributed by atoms with Gasteiger partial charge in [-0.3, -0.25) is 4.79 Å². The van der Waals surface area contributed by atoms with Crippen molar-refractivity contribution < 1.29 is 113 Å². The molecule has 466 valence electrons. The summed E-state index contributed by atoms with van der Waals surface area (Å²) in [5.41, 5.74) is -3.68. The number of hydrogen-bond acceptors (Lipinski definition) is 23. The Labute approximate surface area is 479 Å². The van der Waals surface area contributed by atoms with Crippen LogP contribution in [0.3, 0.4) is 0 Å². The van der Waals surface area contributed by atoms with Gasteiger partial charge in [-0.05, 0) is 119 Å². The van der Waals surface area contributed by atoms with Gasteiger partial charge in [-0.2, -0.15) is 0 Å². The molecular weight excluding hydrogens is 1080 g/mol. The van der Waals surface area contributed by atoms with E-state index in [2.05, 4.69) is 26.8 Å². The summed E-state index contributed by atoms with van der Waals surface area (Å²) in [4.78, 5) is 39.2. The van der Waals surface area contributed by atoms with E-state index in [1.165, 1.54) is 19.9 Å². The fourth-order valence-corrected chi connectivity index (χ4v) is 16.4. The van der Waals surface area contributed by atoms with Gasteiger partial charge in [0, 0.05) is 23.5 Å². The van der Waals surface area contributed by atoms with Crippen LogP contribution in [0.1, 0.15) is 128 Å². The zero-order valence-corrected chi connectivity index (χ0v) is 49.3. The predicted molar refractivity (Wildman–Crippen MR) is 285 cm³/mol. The maximum absolute atomic E-state index is 13.3. The van der Waals surface area contributed by atoms with Gasteiger partial charge in [0.1, 0.15) is 55.4 Å². The molecule has 5 aliphatic carbocycles. The van der Waals surface area contributed by atoms with Crippen LogP contribution in [-0.4, -0.2) is 211 Å². The van der Waals surface area contributed by atoms with Crippen LogP contribution < -0.4 is 0 Å². The minimum atomic E-state index is -1.95. The Morgan fingerprint density at radius 2 is 1.29 bits per heavy atom. The molecule has 0 aromatic rings. The van der Waals surface area contributed by atoms with E-state index in [-0.39, 0.29) is 42.6 Å². The number of carbonyl (C=O) groups is 3. The summed E-state index contributed by atoms with van der Waals surface area (Å²) >= 11 is 0. The molecule has 0 aromatic carbocycles. The second-order valence-corrected chi connectivity index (χ2v) is 26.5. The first-order valence-corrected chi connectivity index (χ1v) is 29.1. The van der Waals surface area contributed by atoms with Crippen molar-refractivity contribution in [1.29, 1.82) is 0 Å². The van der Waals surface area contributed by atoms with Crippen LogP contribution in [0.4, 0.5) is 0 Å². The molecule has 8 rings (SSSR count). The predicted octanol–water partition coefficient (Wildman–Crippen LogP) is 1.09. The quantitative estimate of drug-likeness (QED) is 0.0381. The third-order valence-corrected chi connectivity index (χ3v) is 21.7. The first kappa shape index (κ1) is 64.9. The van der Waals surface area contributed by atoms with Crippen molar-refractivity contribution in [2.24, 2.45) is 50.2 Å². The Bertz CT molecular complexity index is 2430. The van der Waals surface area contributed by atoms with Crippen LogP contribution >= 0.6 is 0 Å². The SMILES string of the molecule is CC=C(C)C(=O)O[C@H]1[C@H](O)[C@@H](O[C@H]2[C@H](O)[C@]3(COC(C)=O)[C@H](O)C[C@]4(C)C(=CC[C@@H]5[C@@]6(C)CC[C@H](O[C@H]7O[C@H](O)[C@@H](O)[C@H](O)[C@H]7O[C@@H]7O[C@H](CO)[C@@H](O)[C@H](O)[C@H]7O)[C@](C)(CO)[C@@H]6CC[C@]54C)[C@@H]3CC2(C)C)O[C@@H](C)[C@H]1OC(=O)C(C)=CC. The zero-order chi connectivity index (χ0) is 60.7. The summed E-state index contributed by atoms with van der Waals surface area (Å²) in [6.45, 7) is 20.1. The largest absolute Gasteiger partial charge is 0.465 e. The van der Waals surface area contributed by atoms with Gasteiger partial charge in [0.05, 0.1) is 49.1 Å². The summed E-state index contributed by atoms with van der Waals surface area (Å²) in [6.07, 6.45) is -21.0. The summed E-state index contributed by atoms with van der Waals surface area (Å²) in [5, 5.41) is 124.